The van der Waals surface area contributed by atoms with Crippen molar-refractivity contribution >= 4 is 11.9 Å². The highest BCUT2D eigenvalue weighted by Gasteiger charge is 2.26. The van der Waals surface area contributed by atoms with Crippen LogP contribution in [0.5, 0.6) is 0 Å². The third-order valence-corrected chi connectivity index (χ3v) is 4.15. The minimum absolute atomic E-state index is 0.0460. The van der Waals surface area contributed by atoms with Crippen LogP contribution in [0, 0.1) is 0 Å². The maximum Gasteiger partial charge on any atom is 0.411 e. The van der Waals surface area contributed by atoms with Gasteiger partial charge in [-0.15, -0.1) is 0 Å². The number of benzene rings is 2. The summed E-state index contributed by atoms with van der Waals surface area (Å²) < 4.78 is 5.42. The number of carbonyl (C=O) groups is 2. The molecule has 5 nitrogen and oxygen atoms in total. The van der Waals surface area contributed by atoms with Gasteiger partial charge >= 0.3 is 6.09 Å². The third kappa shape index (κ3) is 6.01. The van der Waals surface area contributed by atoms with Gasteiger partial charge in [0.25, 0.3) is 0 Å². The molecule has 2 aromatic carbocycles. The summed E-state index contributed by atoms with van der Waals surface area (Å²) in [4.78, 5) is 26.4. The van der Waals surface area contributed by atoms with Crippen LogP contribution >= 0.6 is 0 Å². The Morgan fingerprint density at radius 1 is 1.00 bits per heavy atom. The van der Waals surface area contributed by atoms with Gasteiger partial charge in [-0.1, -0.05) is 60.7 Å². The Labute approximate surface area is 154 Å². The van der Waals surface area contributed by atoms with Gasteiger partial charge in [-0.25, -0.2) is 4.79 Å². The van der Waals surface area contributed by atoms with Gasteiger partial charge in [0.05, 0.1) is 6.04 Å². The fraction of sp³-hybridized carbons (Fsp3) is 0.333. The summed E-state index contributed by atoms with van der Waals surface area (Å²) in [6.07, 6.45) is 0.0960. The number of amides is 1. The lowest BCUT2D eigenvalue weighted by Gasteiger charge is -2.28. The van der Waals surface area contributed by atoms with Crippen LogP contribution in [0.4, 0.5) is 4.79 Å². The lowest BCUT2D eigenvalue weighted by molar-refractivity contribution is -0.123. The molecule has 0 saturated heterocycles. The lowest BCUT2D eigenvalue weighted by atomic mass is 10.1. The number of ketones is 1. The Balaban J connectivity index is 2.07. The van der Waals surface area contributed by atoms with Gasteiger partial charge in [0.15, 0.2) is 5.78 Å². The molecule has 0 aliphatic carbocycles. The summed E-state index contributed by atoms with van der Waals surface area (Å²) in [6.45, 7) is 2.10. The van der Waals surface area contributed by atoms with Crippen molar-refractivity contribution in [1.29, 1.82) is 0 Å². The molecule has 26 heavy (non-hydrogen) atoms. The summed E-state index contributed by atoms with van der Waals surface area (Å²) in [6, 6.07) is 18.3. The molecule has 5 heteroatoms. The van der Waals surface area contributed by atoms with Gasteiger partial charge in [0, 0.05) is 19.6 Å². The first kappa shape index (κ1) is 19.7. The minimum atomic E-state index is -0.620. The highest BCUT2D eigenvalue weighted by molar-refractivity contribution is 5.87. The molecule has 0 aliphatic rings. The Hall–Kier alpha value is -2.66. The highest BCUT2D eigenvalue weighted by atomic mass is 16.6. The first-order valence-corrected chi connectivity index (χ1v) is 8.76. The Bertz CT molecular complexity index is 688. The summed E-state index contributed by atoms with van der Waals surface area (Å²) in [5, 5.41) is 8.93. The third-order valence-electron chi connectivity index (χ3n) is 4.15. The number of aliphatic hydroxyl groups is 1. The molecule has 1 amide bonds. The predicted octanol–water partition coefficient (Wildman–Crippen LogP) is 3.56. The van der Waals surface area contributed by atoms with E-state index in [2.05, 4.69) is 0 Å². The largest absolute Gasteiger partial charge is 0.445 e. The van der Waals surface area contributed by atoms with Crippen LogP contribution in [-0.2, 0) is 22.7 Å². The maximum atomic E-state index is 12.6. The summed E-state index contributed by atoms with van der Waals surface area (Å²) in [5.41, 5.74) is 1.81. The number of rotatable bonds is 9. The first-order chi connectivity index (χ1) is 12.6. The van der Waals surface area contributed by atoms with E-state index in [4.69, 9.17) is 9.84 Å². The van der Waals surface area contributed by atoms with Gasteiger partial charge in [-0.05, 0) is 24.5 Å². The van der Waals surface area contributed by atoms with Crippen LogP contribution in [0.15, 0.2) is 60.7 Å². The van der Waals surface area contributed by atoms with Crippen LogP contribution in [0.1, 0.15) is 30.9 Å². The number of nitrogens with zero attached hydrogens (tertiary/aromatic N) is 1. The summed E-state index contributed by atoms with van der Waals surface area (Å²) in [7, 11) is 0. The Morgan fingerprint density at radius 2 is 1.58 bits per heavy atom. The molecule has 138 valence electrons. The Morgan fingerprint density at radius 3 is 2.15 bits per heavy atom. The molecule has 2 rings (SSSR count). The second-order valence-electron chi connectivity index (χ2n) is 6.12. The standard InChI is InChI=1S/C21H25NO4/c1-17(20(24)13-8-14-23)22(15-18-9-4-2-5-10-18)21(25)26-16-19-11-6-3-7-12-19/h2-7,9-12,17,23H,8,13-16H2,1H3. The molecule has 1 N–H and O–H groups in total. The first-order valence-electron chi connectivity index (χ1n) is 8.76. The van der Waals surface area contributed by atoms with Crippen molar-refractivity contribution in [2.24, 2.45) is 0 Å². The van der Waals surface area contributed by atoms with Crippen molar-refractivity contribution in [3.05, 3.63) is 71.8 Å². The fourth-order valence-corrected chi connectivity index (χ4v) is 2.58. The van der Waals surface area contributed by atoms with Gasteiger partial charge < -0.3 is 9.84 Å². The zero-order chi connectivity index (χ0) is 18.8. The van der Waals surface area contributed by atoms with Crippen molar-refractivity contribution < 1.29 is 19.4 Å². The molecule has 0 radical (unpaired) electrons. The van der Waals surface area contributed by atoms with E-state index < -0.39 is 12.1 Å². The zero-order valence-electron chi connectivity index (χ0n) is 15.0. The van der Waals surface area contributed by atoms with E-state index in [9.17, 15) is 9.59 Å². The topological polar surface area (TPSA) is 66.8 Å². The van der Waals surface area contributed by atoms with Crippen molar-refractivity contribution in [2.75, 3.05) is 6.61 Å². The second kappa shape index (κ2) is 10.4. The highest BCUT2D eigenvalue weighted by Crippen LogP contribution is 2.14. The van der Waals surface area contributed by atoms with Crippen molar-refractivity contribution in [3.8, 4) is 0 Å². The molecule has 0 aliphatic heterocycles. The molecule has 0 spiro atoms. The average molecular weight is 355 g/mol. The van der Waals surface area contributed by atoms with Crippen LogP contribution in [0.2, 0.25) is 0 Å². The van der Waals surface area contributed by atoms with E-state index in [1.54, 1.807) is 6.92 Å². The van der Waals surface area contributed by atoms with E-state index >= 15 is 0 Å². The molecule has 1 unspecified atom stereocenters. The Kier molecular flexibility index (Phi) is 7.83. The maximum absolute atomic E-state index is 12.6. The van der Waals surface area contributed by atoms with E-state index in [1.165, 1.54) is 4.90 Å². The van der Waals surface area contributed by atoms with Gasteiger partial charge in [0.2, 0.25) is 0 Å². The number of aliphatic hydroxyl groups excluding tert-OH is 1. The SMILES string of the molecule is CC(C(=O)CCCO)N(Cc1ccccc1)C(=O)OCc1ccccc1. The smallest absolute Gasteiger partial charge is 0.411 e. The number of Topliss-reactive ketones (excluding diaryl/α,β-unsaturated/α-hetero) is 1. The quantitative estimate of drug-likeness (QED) is 0.747. The molecular formula is C21H25NO4. The van der Waals surface area contributed by atoms with Crippen LogP contribution < -0.4 is 0 Å². The van der Waals surface area contributed by atoms with Crippen LogP contribution in [-0.4, -0.2) is 34.5 Å². The predicted molar refractivity (Wildman–Crippen MR) is 99.4 cm³/mol. The fourth-order valence-electron chi connectivity index (χ4n) is 2.58. The average Bonchev–Trinajstić information content (AvgIpc) is 2.69. The molecule has 0 aromatic heterocycles. The van der Waals surface area contributed by atoms with E-state index in [0.29, 0.717) is 13.0 Å². The van der Waals surface area contributed by atoms with Crippen molar-refractivity contribution in [3.63, 3.8) is 0 Å². The van der Waals surface area contributed by atoms with Gasteiger partial charge in [0.1, 0.15) is 6.61 Å². The number of carbonyl (C=O) groups excluding carboxylic acids is 2. The van der Waals surface area contributed by atoms with Crippen molar-refractivity contribution in [1.82, 2.24) is 4.90 Å². The van der Waals surface area contributed by atoms with Crippen LogP contribution in [0.25, 0.3) is 0 Å². The zero-order valence-corrected chi connectivity index (χ0v) is 15.0. The van der Waals surface area contributed by atoms with Crippen molar-refractivity contribution in [2.45, 2.75) is 39.0 Å². The molecular weight excluding hydrogens is 330 g/mol. The summed E-state index contributed by atoms with van der Waals surface area (Å²) >= 11 is 0. The summed E-state index contributed by atoms with van der Waals surface area (Å²) in [5.74, 6) is -0.0911. The van der Waals surface area contributed by atoms with Gasteiger partial charge in [-0.3, -0.25) is 9.69 Å². The minimum Gasteiger partial charge on any atom is -0.445 e. The van der Waals surface area contributed by atoms with Gasteiger partial charge in [-0.2, -0.15) is 0 Å². The number of ether oxygens (including phenoxy) is 1. The molecule has 0 fully saturated rings. The monoisotopic (exact) mass is 355 g/mol. The normalized spacial score (nSPS) is 11.6. The molecule has 0 heterocycles. The van der Waals surface area contributed by atoms with E-state index in [0.717, 1.165) is 11.1 Å². The molecule has 0 bridgehead atoms. The molecule has 2 aromatic rings. The molecule has 1 atom stereocenters. The van der Waals surface area contributed by atoms with E-state index in [1.807, 2.05) is 60.7 Å². The lowest BCUT2D eigenvalue weighted by Crippen LogP contribution is -2.43. The number of hydrogen-bond donors (Lipinski definition) is 1. The second-order valence-corrected chi connectivity index (χ2v) is 6.12. The van der Waals surface area contributed by atoms with Crippen LogP contribution in [0.3, 0.4) is 0 Å². The van der Waals surface area contributed by atoms with E-state index in [-0.39, 0.29) is 25.4 Å². The molecule has 0 saturated carbocycles. The number of hydrogen-bond acceptors (Lipinski definition) is 4.